The summed E-state index contributed by atoms with van der Waals surface area (Å²) in [4.78, 5) is 11.4. The van der Waals surface area contributed by atoms with Crippen molar-refractivity contribution in [3.8, 4) is 0 Å². The van der Waals surface area contributed by atoms with Crippen LogP contribution in [-0.4, -0.2) is 18.7 Å². The van der Waals surface area contributed by atoms with Gasteiger partial charge in [-0.2, -0.15) is 0 Å². The Balaban J connectivity index is 2.42. The fourth-order valence-corrected chi connectivity index (χ4v) is 1.48. The van der Waals surface area contributed by atoms with Crippen LogP contribution in [0.25, 0.3) is 0 Å². The van der Waals surface area contributed by atoms with E-state index < -0.39 is 6.09 Å². The van der Waals surface area contributed by atoms with Gasteiger partial charge in [-0.1, -0.05) is 19.1 Å². The summed E-state index contributed by atoms with van der Waals surface area (Å²) in [5.41, 5.74) is 1.95. The molecular formula is C14H22N2O2. The monoisotopic (exact) mass is 250 g/mol. The zero-order chi connectivity index (χ0) is 13.4. The number of carbonyl (C=O) groups is 1. The van der Waals surface area contributed by atoms with Crippen molar-refractivity contribution in [2.45, 2.75) is 39.8 Å². The van der Waals surface area contributed by atoms with Crippen LogP contribution < -0.4 is 10.6 Å². The highest BCUT2D eigenvalue weighted by atomic mass is 16.6. The number of ether oxygens (including phenoxy) is 1. The van der Waals surface area contributed by atoms with Crippen molar-refractivity contribution < 1.29 is 9.53 Å². The Morgan fingerprint density at radius 2 is 1.94 bits per heavy atom. The van der Waals surface area contributed by atoms with Crippen molar-refractivity contribution in [2.24, 2.45) is 0 Å². The second-order valence-electron chi connectivity index (χ2n) is 4.45. The first-order valence-corrected chi connectivity index (χ1v) is 6.39. The quantitative estimate of drug-likeness (QED) is 0.763. The Morgan fingerprint density at radius 3 is 2.50 bits per heavy atom. The molecule has 2 N–H and O–H groups in total. The van der Waals surface area contributed by atoms with Crippen molar-refractivity contribution in [3.63, 3.8) is 0 Å². The molecule has 100 valence electrons. The molecule has 0 aliphatic heterocycles. The molecule has 1 amide bonds. The van der Waals surface area contributed by atoms with Crippen LogP contribution in [0.3, 0.4) is 0 Å². The summed E-state index contributed by atoms with van der Waals surface area (Å²) in [7, 11) is 0. The van der Waals surface area contributed by atoms with Crippen LogP contribution in [-0.2, 0) is 11.3 Å². The summed E-state index contributed by atoms with van der Waals surface area (Å²) in [6.45, 7) is 7.65. The summed E-state index contributed by atoms with van der Waals surface area (Å²) in [6, 6.07) is 7.75. The lowest BCUT2D eigenvalue weighted by atomic mass is 10.2. The van der Waals surface area contributed by atoms with Gasteiger partial charge in [-0.05, 0) is 44.5 Å². The van der Waals surface area contributed by atoms with E-state index in [1.165, 1.54) is 5.56 Å². The van der Waals surface area contributed by atoms with Gasteiger partial charge in [0.15, 0.2) is 0 Å². The molecule has 0 unspecified atom stereocenters. The molecular weight excluding hydrogens is 228 g/mol. The second kappa shape index (κ2) is 7.71. The van der Waals surface area contributed by atoms with E-state index in [4.69, 9.17) is 4.74 Å². The van der Waals surface area contributed by atoms with Crippen LogP contribution >= 0.6 is 0 Å². The van der Waals surface area contributed by atoms with E-state index in [-0.39, 0.29) is 6.10 Å². The minimum atomic E-state index is -0.415. The molecule has 18 heavy (non-hydrogen) atoms. The highest BCUT2D eigenvalue weighted by Crippen LogP contribution is 2.10. The number of anilines is 1. The van der Waals surface area contributed by atoms with Gasteiger partial charge in [-0.25, -0.2) is 4.79 Å². The Labute approximate surface area is 109 Å². The van der Waals surface area contributed by atoms with E-state index in [1.54, 1.807) is 0 Å². The van der Waals surface area contributed by atoms with Gasteiger partial charge in [0.2, 0.25) is 0 Å². The summed E-state index contributed by atoms with van der Waals surface area (Å²) in [5, 5.41) is 6.01. The van der Waals surface area contributed by atoms with Crippen LogP contribution in [0, 0.1) is 0 Å². The molecule has 1 rings (SSSR count). The Hall–Kier alpha value is -1.55. The largest absolute Gasteiger partial charge is 0.447 e. The number of amides is 1. The maximum absolute atomic E-state index is 11.4. The third-order valence-electron chi connectivity index (χ3n) is 2.30. The average molecular weight is 250 g/mol. The molecule has 0 heterocycles. The van der Waals surface area contributed by atoms with E-state index in [2.05, 4.69) is 17.6 Å². The maximum atomic E-state index is 11.4. The molecule has 1 aromatic rings. The molecule has 0 aliphatic carbocycles. The van der Waals surface area contributed by atoms with Crippen LogP contribution in [0.4, 0.5) is 10.5 Å². The van der Waals surface area contributed by atoms with Gasteiger partial charge in [0.1, 0.15) is 0 Å². The van der Waals surface area contributed by atoms with E-state index >= 15 is 0 Å². The molecule has 0 fully saturated rings. The van der Waals surface area contributed by atoms with Crippen LogP contribution in [0.5, 0.6) is 0 Å². The highest BCUT2D eigenvalue weighted by Gasteiger charge is 2.04. The van der Waals surface area contributed by atoms with Gasteiger partial charge in [-0.15, -0.1) is 0 Å². The molecule has 0 atom stereocenters. The molecule has 0 aliphatic rings. The molecule has 4 heteroatoms. The summed E-state index contributed by atoms with van der Waals surface area (Å²) < 4.78 is 5.00. The van der Waals surface area contributed by atoms with Crippen molar-refractivity contribution in [1.29, 1.82) is 0 Å². The third-order valence-corrected chi connectivity index (χ3v) is 2.30. The van der Waals surface area contributed by atoms with Gasteiger partial charge in [0, 0.05) is 12.2 Å². The van der Waals surface area contributed by atoms with E-state index in [1.807, 2.05) is 38.1 Å². The number of benzene rings is 1. The Kier molecular flexibility index (Phi) is 6.22. The zero-order valence-corrected chi connectivity index (χ0v) is 11.3. The number of rotatable bonds is 6. The third kappa shape index (κ3) is 5.68. The van der Waals surface area contributed by atoms with Gasteiger partial charge in [-0.3, -0.25) is 5.32 Å². The number of hydrogen-bond acceptors (Lipinski definition) is 3. The minimum Gasteiger partial charge on any atom is -0.447 e. The van der Waals surface area contributed by atoms with Crippen molar-refractivity contribution in [3.05, 3.63) is 29.8 Å². The topological polar surface area (TPSA) is 50.4 Å². The second-order valence-corrected chi connectivity index (χ2v) is 4.45. The van der Waals surface area contributed by atoms with E-state index in [9.17, 15) is 4.79 Å². The molecule has 0 bridgehead atoms. The fraction of sp³-hybridized carbons (Fsp3) is 0.500. The molecule has 4 nitrogen and oxygen atoms in total. The fourth-order valence-electron chi connectivity index (χ4n) is 1.48. The molecule has 1 aromatic carbocycles. The normalized spacial score (nSPS) is 10.4. The average Bonchev–Trinajstić information content (AvgIpc) is 2.30. The molecule has 0 spiro atoms. The van der Waals surface area contributed by atoms with Gasteiger partial charge in [0.05, 0.1) is 6.10 Å². The first kappa shape index (κ1) is 14.5. The van der Waals surface area contributed by atoms with Crippen molar-refractivity contribution in [1.82, 2.24) is 5.32 Å². The minimum absolute atomic E-state index is 0.109. The van der Waals surface area contributed by atoms with Gasteiger partial charge in [0.25, 0.3) is 0 Å². The first-order valence-electron chi connectivity index (χ1n) is 6.39. The molecule has 0 saturated carbocycles. The maximum Gasteiger partial charge on any atom is 0.411 e. The Morgan fingerprint density at radius 1 is 1.28 bits per heavy atom. The van der Waals surface area contributed by atoms with Crippen LogP contribution in [0.2, 0.25) is 0 Å². The Bertz CT molecular complexity index is 361. The number of nitrogens with one attached hydrogen (secondary N) is 2. The summed E-state index contributed by atoms with van der Waals surface area (Å²) in [5.74, 6) is 0. The smallest absolute Gasteiger partial charge is 0.411 e. The SMILES string of the molecule is CCCNCc1ccc(NC(=O)OC(C)C)cc1. The van der Waals surface area contributed by atoms with E-state index in [0.717, 1.165) is 25.2 Å². The van der Waals surface area contributed by atoms with Crippen LogP contribution in [0.1, 0.15) is 32.8 Å². The van der Waals surface area contributed by atoms with Crippen molar-refractivity contribution in [2.75, 3.05) is 11.9 Å². The predicted molar refractivity (Wildman–Crippen MR) is 73.7 cm³/mol. The van der Waals surface area contributed by atoms with E-state index in [0.29, 0.717) is 0 Å². The number of carbonyl (C=O) groups excluding carboxylic acids is 1. The molecule has 0 radical (unpaired) electrons. The summed E-state index contributed by atoms with van der Waals surface area (Å²) >= 11 is 0. The molecule has 0 saturated heterocycles. The first-order chi connectivity index (χ1) is 8.61. The summed E-state index contributed by atoms with van der Waals surface area (Å²) in [6.07, 6.45) is 0.602. The van der Waals surface area contributed by atoms with Gasteiger partial charge < -0.3 is 10.1 Å². The standard InChI is InChI=1S/C14H22N2O2/c1-4-9-15-10-12-5-7-13(8-6-12)16-14(17)18-11(2)3/h5-8,11,15H,4,9-10H2,1-3H3,(H,16,17). The lowest BCUT2D eigenvalue weighted by molar-refractivity contribution is 0.130. The lowest BCUT2D eigenvalue weighted by Gasteiger charge is -2.10. The predicted octanol–water partition coefficient (Wildman–Crippen LogP) is 3.14. The lowest BCUT2D eigenvalue weighted by Crippen LogP contribution is -2.18. The zero-order valence-electron chi connectivity index (χ0n) is 11.3. The van der Waals surface area contributed by atoms with Gasteiger partial charge >= 0.3 is 6.09 Å². The molecule has 0 aromatic heterocycles. The highest BCUT2D eigenvalue weighted by molar-refractivity contribution is 5.84. The number of hydrogen-bond donors (Lipinski definition) is 2. The van der Waals surface area contributed by atoms with Crippen LogP contribution in [0.15, 0.2) is 24.3 Å². The van der Waals surface area contributed by atoms with Crippen molar-refractivity contribution >= 4 is 11.8 Å².